The minimum Gasteiger partial charge on any atom is -0.493 e. The third kappa shape index (κ3) is 4.73. The van der Waals surface area contributed by atoms with E-state index in [1.165, 1.54) is 39.5 Å². The fraction of sp³-hybridized carbons (Fsp3) is 0.263. The van der Waals surface area contributed by atoms with Gasteiger partial charge in [0.2, 0.25) is 11.5 Å². The highest BCUT2D eigenvalue weighted by molar-refractivity contribution is 6.00. The first-order valence-electron chi connectivity index (χ1n) is 7.88. The number of Topliss-reactive ketones (excluding diaryl/α,β-unsaturated/α-hetero) is 1. The SMILES string of the molecule is COc1cc(C(=O)COC(=O)c2cccc(C(F)(F)F)c2)cc(OC)c1OC. The molecule has 0 amide bonds. The van der Waals surface area contributed by atoms with Crippen molar-refractivity contribution in [3.05, 3.63) is 53.1 Å². The first-order chi connectivity index (χ1) is 13.2. The van der Waals surface area contributed by atoms with Gasteiger partial charge in [-0.15, -0.1) is 0 Å². The number of carbonyl (C=O) groups excluding carboxylic acids is 2. The number of carbonyl (C=O) groups is 2. The minimum atomic E-state index is -4.59. The molecular weight excluding hydrogens is 381 g/mol. The van der Waals surface area contributed by atoms with Gasteiger partial charge in [0, 0.05) is 5.56 Å². The second kappa shape index (κ2) is 8.64. The van der Waals surface area contributed by atoms with Gasteiger partial charge in [0.15, 0.2) is 18.1 Å². The topological polar surface area (TPSA) is 71.1 Å². The summed E-state index contributed by atoms with van der Waals surface area (Å²) in [7, 11) is 4.15. The van der Waals surface area contributed by atoms with Gasteiger partial charge in [0.05, 0.1) is 32.5 Å². The molecule has 0 unspecified atom stereocenters. The monoisotopic (exact) mass is 398 g/mol. The Morgan fingerprint density at radius 2 is 1.50 bits per heavy atom. The molecule has 9 heteroatoms. The van der Waals surface area contributed by atoms with Gasteiger partial charge in [0.25, 0.3) is 0 Å². The van der Waals surface area contributed by atoms with Crippen LogP contribution >= 0.6 is 0 Å². The molecule has 2 aromatic rings. The predicted molar refractivity (Wildman–Crippen MR) is 92.2 cm³/mol. The minimum absolute atomic E-state index is 0.117. The Labute approximate surface area is 158 Å². The number of benzene rings is 2. The molecule has 6 nitrogen and oxygen atoms in total. The Morgan fingerprint density at radius 3 is 2.00 bits per heavy atom. The van der Waals surface area contributed by atoms with Gasteiger partial charge in [-0.3, -0.25) is 4.79 Å². The highest BCUT2D eigenvalue weighted by Crippen LogP contribution is 2.38. The van der Waals surface area contributed by atoms with E-state index < -0.39 is 30.1 Å². The molecule has 0 aliphatic heterocycles. The fourth-order valence-corrected chi connectivity index (χ4v) is 2.36. The van der Waals surface area contributed by atoms with Crippen LogP contribution in [0.15, 0.2) is 36.4 Å². The van der Waals surface area contributed by atoms with E-state index >= 15 is 0 Å². The second-order valence-corrected chi connectivity index (χ2v) is 5.49. The van der Waals surface area contributed by atoms with E-state index in [1.807, 2.05) is 0 Å². The third-order valence-corrected chi connectivity index (χ3v) is 3.75. The lowest BCUT2D eigenvalue weighted by Gasteiger charge is -2.14. The average Bonchev–Trinajstić information content (AvgIpc) is 2.69. The lowest BCUT2D eigenvalue weighted by molar-refractivity contribution is -0.137. The Hall–Kier alpha value is -3.23. The zero-order valence-corrected chi connectivity index (χ0v) is 15.3. The first kappa shape index (κ1) is 21.1. The Bertz CT molecular complexity index is 851. The molecule has 0 heterocycles. The van der Waals surface area contributed by atoms with Gasteiger partial charge >= 0.3 is 12.1 Å². The molecule has 0 fully saturated rings. The van der Waals surface area contributed by atoms with Crippen molar-refractivity contribution >= 4 is 11.8 Å². The summed E-state index contributed by atoms with van der Waals surface area (Å²) in [6, 6.07) is 6.50. The molecule has 2 aromatic carbocycles. The lowest BCUT2D eigenvalue weighted by Crippen LogP contribution is -2.15. The summed E-state index contributed by atoms with van der Waals surface area (Å²) in [5, 5.41) is 0. The maximum Gasteiger partial charge on any atom is 0.416 e. The van der Waals surface area contributed by atoms with E-state index in [4.69, 9.17) is 18.9 Å². The van der Waals surface area contributed by atoms with Crippen molar-refractivity contribution in [2.45, 2.75) is 6.18 Å². The van der Waals surface area contributed by atoms with Crippen LogP contribution in [0.25, 0.3) is 0 Å². The third-order valence-electron chi connectivity index (χ3n) is 3.75. The molecule has 0 N–H and O–H groups in total. The van der Waals surface area contributed by atoms with E-state index in [0.29, 0.717) is 6.07 Å². The number of hydrogen-bond acceptors (Lipinski definition) is 6. The van der Waals surface area contributed by atoms with Gasteiger partial charge in [-0.25, -0.2) is 4.79 Å². The van der Waals surface area contributed by atoms with Gasteiger partial charge in [0.1, 0.15) is 0 Å². The van der Waals surface area contributed by atoms with Crippen molar-refractivity contribution in [3.63, 3.8) is 0 Å². The summed E-state index contributed by atoms with van der Waals surface area (Å²) >= 11 is 0. The molecule has 0 aromatic heterocycles. The van der Waals surface area contributed by atoms with E-state index in [0.717, 1.165) is 12.1 Å². The number of rotatable bonds is 7. The molecule has 150 valence electrons. The molecule has 28 heavy (non-hydrogen) atoms. The molecule has 2 rings (SSSR count). The summed E-state index contributed by atoms with van der Waals surface area (Å²) in [5.41, 5.74) is -1.18. The molecule has 0 aliphatic rings. The normalized spacial score (nSPS) is 10.9. The van der Waals surface area contributed by atoms with Crippen molar-refractivity contribution in [1.82, 2.24) is 0 Å². The zero-order chi connectivity index (χ0) is 20.9. The maximum atomic E-state index is 12.7. The van der Waals surface area contributed by atoms with Crippen LogP contribution < -0.4 is 14.2 Å². The molecule has 0 saturated heterocycles. The molecule has 0 aliphatic carbocycles. The van der Waals surface area contributed by atoms with Crippen molar-refractivity contribution < 1.29 is 41.7 Å². The number of alkyl halides is 3. The van der Waals surface area contributed by atoms with E-state index in [2.05, 4.69) is 0 Å². The summed E-state index contributed by atoms with van der Waals surface area (Å²) in [6.45, 7) is -0.673. The van der Waals surface area contributed by atoms with Crippen molar-refractivity contribution in [2.24, 2.45) is 0 Å². The maximum absolute atomic E-state index is 12.7. The standard InChI is InChI=1S/C19H17F3O6/c1-25-15-8-12(9-16(26-2)17(15)27-3)14(23)10-28-18(24)11-5-4-6-13(7-11)19(20,21)22/h4-9H,10H2,1-3H3. The summed E-state index contributed by atoms with van der Waals surface area (Å²) in [4.78, 5) is 24.3. The largest absolute Gasteiger partial charge is 0.493 e. The van der Waals surface area contributed by atoms with E-state index in [-0.39, 0.29) is 28.4 Å². The number of ether oxygens (including phenoxy) is 4. The smallest absolute Gasteiger partial charge is 0.416 e. The molecule has 0 spiro atoms. The Balaban J connectivity index is 2.15. The number of methoxy groups -OCH3 is 3. The van der Waals surface area contributed by atoms with Crippen LogP contribution in [0, 0.1) is 0 Å². The summed E-state index contributed by atoms with van der Waals surface area (Å²) in [6.07, 6.45) is -4.59. The molecule has 0 saturated carbocycles. The lowest BCUT2D eigenvalue weighted by atomic mass is 10.1. The van der Waals surface area contributed by atoms with Crippen LogP contribution in [-0.4, -0.2) is 39.7 Å². The van der Waals surface area contributed by atoms with Crippen LogP contribution in [0.3, 0.4) is 0 Å². The Kier molecular flexibility index (Phi) is 6.50. The quantitative estimate of drug-likeness (QED) is 0.522. The van der Waals surface area contributed by atoms with Gasteiger partial charge in [-0.05, 0) is 30.3 Å². The molecular formula is C19H17F3O6. The van der Waals surface area contributed by atoms with Crippen molar-refractivity contribution in [3.8, 4) is 17.2 Å². The van der Waals surface area contributed by atoms with Crippen LogP contribution in [0.4, 0.5) is 13.2 Å². The molecule has 0 atom stereocenters. The zero-order valence-electron chi connectivity index (χ0n) is 15.3. The van der Waals surface area contributed by atoms with E-state index in [1.54, 1.807) is 0 Å². The average molecular weight is 398 g/mol. The summed E-state index contributed by atoms with van der Waals surface area (Å²) < 4.78 is 58.5. The fourth-order valence-electron chi connectivity index (χ4n) is 2.36. The van der Waals surface area contributed by atoms with Crippen LogP contribution in [0.5, 0.6) is 17.2 Å². The van der Waals surface area contributed by atoms with Crippen molar-refractivity contribution in [1.29, 1.82) is 0 Å². The Morgan fingerprint density at radius 1 is 0.893 bits per heavy atom. The number of ketones is 1. The highest BCUT2D eigenvalue weighted by Gasteiger charge is 2.31. The van der Waals surface area contributed by atoms with Gasteiger partial charge < -0.3 is 18.9 Å². The number of hydrogen-bond donors (Lipinski definition) is 0. The first-order valence-corrected chi connectivity index (χ1v) is 7.88. The molecule has 0 radical (unpaired) electrons. The predicted octanol–water partition coefficient (Wildman–Crippen LogP) is 3.77. The van der Waals surface area contributed by atoms with Crippen molar-refractivity contribution in [2.75, 3.05) is 27.9 Å². The second-order valence-electron chi connectivity index (χ2n) is 5.49. The number of halogens is 3. The number of esters is 1. The highest BCUT2D eigenvalue weighted by atomic mass is 19.4. The summed E-state index contributed by atoms with van der Waals surface area (Å²) in [5.74, 6) is -0.905. The van der Waals surface area contributed by atoms with E-state index in [9.17, 15) is 22.8 Å². The van der Waals surface area contributed by atoms with Crippen LogP contribution in [0.2, 0.25) is 0 Å². The molecule has 0 bridgehead atoms. The van der Waals surface area contributed by atoms with Crippen LogP contribution in [-0.2, 0) is 10.9 Å². The van der Waals surface area contributed by atoms with Gasteiger partial charge in [-0.1, -0.05) is 6.07 Å². The van der Waals surface area contributed by atoms with Crippen LogP contribution in [0.1, 0.15) is 26.3 Å². The van der Waals surface area contributed by atoms with Gasteiger partial charge in [-0.2, -0.15) is 13.2 Å².